The second kappa shape index (κ2) is 10.0. The predicted octanol–water partition coefficient (Wildman–Crippen LogP) is 3.55. The van der Waals surface area contributed by atoms with E-state index >= 15 is 0 Å². The summed E-state index contributed by atoms with van der Waals surface area (Å²) in [5.74, 6) is 0.0490. The van der Waals surface area contributed by atoms with E-state index in [-0.39, 0.29) is 24.1 Å². The Morgan fingerprint density at radius 2 is 1.46 bits per heavy atom. The monoisotopic (exact) mass is 437 g/mol. The molecular weight excluding hydrogens is 417 g/mol. The minimum absolute atomic E-state index is 0.0287. The first kappa shape index (κ1) is 20.8. The molecule has 2 amide bonds. The summed E-state index contributed by atoms with van der Waals surface area (Å²) in [5.41, 5.74) is 1.10. The van der Waals surface area contributed by atoms with Gasteiger partial charge in [0.2, 0.25) is 11.8 Å². The van der Waals surface area contributed by atoms with E-state index in [0.717, 1.165) is 23.7 Å². The fourth-order valence-corrected chi connectivity index (χ4v) is 3.86. The van der Waals surface area contributed by atoms with Crippen molar-refractivity contribution in [2.45, 2.75) is 4.90 Å². The first-order valence-electron chi connectivity index (χ1n) is 8.94. The number of nitrogens with one attached hydrogen (secondary N) is 1. The van der Waals surface area contributed by atoms with Crippen LogP contribution in [0, 0.1) is 0 Å². The number of amides is 2. The number of carbonyl (C=O) groups is 2. The first-order chi connectivity index (χ1) is 13.5. The normalized spacial score (nSPS) is 14.1. The van der Waals surface area contributed by atoms with E-state index in [1.54, 1.807) is 17.0 Å². The van der Waals surface area contributed by atoms with Crippen LogP contribution < -0.4 is 10.2 Å². The average Bonchev–Trinajstić information content (AvgIpc) is 2.72. The number of carbonyl (C=O) groups excluding carboxylic acids is 2. The molecule has 0 radical (unpaired) electrons. The molecule has 0 aromatic heterocycles. The summed E-state index contributed by atoms with van der Waals surface area (Å²) in [7, 11) is 0. The highest BCUT2D eigenvalue weighted by Gasteiger charge is 2.21. The molecule has 0 atom stereocenters. The standard InChI is InChI=1S/C20H21Cl2N3O2S/c21-15-1-5-17(6-2-15)24-9-11-25(12-10-24)20(27)13-23-19(26)14-28-18-7-3-16(22)4-8-18/h1-8H,9-14H2,(H,23,26). The molecule has 0 unspecified atom stereocenters. The summed E-state index contributed by atoms with van der Waals surface area (Å²) in [6.45, 7) is 2.82. The van der Waals surface area contributed by atoms with Crippen LogP contribution in [0.4, 0.5) is 5.69 Å². The van der Waals surface area contributed by atoms with Crippen molar-refractivity contribution in [1.82, 2.24) is 10.2 Å². The molecule has 0 saturated carbocycles. The predicted molar refractivity (Wildman–Crippen MR) is 115 cm³/mol. The van der Waals surface area contributed by atoms with E-state index in [9.17, 15) is 9.59 Å². The van der Waals surface area contributed by atoms with Gasteiger partial charge in [-0.05, 0) is 48.5 Å². The molecule has 1 fully saturated rings. The molecule has 5 nitrogen and oxygen atoms in total. The van der Waals surface area contributed by atoms with Crippen LogP contribution in [0.3, 0.4) is 0 Å². The minimum Gasteiger partial charge on any atom is -0.368 e. The van der Waals surface area contributed by atoms with Crippen molar-refractivity contribution in [3.8, 4) is 0 Å². The second-order valence-corrected chi connectivity index (χ2v) is 8.29. The van der Waals surface area contributed by atoms with Gasteiger partial charge in [0.1, 0.15) is 0 Å². The van der Waals surface area contributed by atoms with Crippen molar-refractivity contribution >= 4 is 52.5 Å². The Morgan fingerprint density at radius 3 is 2.07 bits per heavy atom. The van der Waals surface area contributed by atoms with Crippen molar-refractivity contribution in [2.75, 3.05) is 43.4 Å². The van der Waals surface area contributed by atoms with Gasteiger partial charge in [-0.2, -0.15) is 0 Å². The fraction of sp³-hybridized carbons (Fsp3) is 0.300. The molecule has 0 aliphatic carbocycles. The zero-order valence-corrected chi connectivity index (χ0v) is 17.6. The maximum Gasteiger partial charge on any atom is 0.242 e. The summed E-state index contributed by atoms with van der Waals surface area (Å²) in [6, 6.07) is 15.0. The Balaban J connectivity index is 1.37. The summed E-state index contributed by atoms with van der Waals surface area (Å²) < 4.78 is 0. The number of nitrogens with zero attached hydrogens (tertiary/aromatic N) is 2. The molecule has 3 rings (SSSR count). The van der Waals surface area contributed by atoms with Crippen LogP contribution >= 0.6 is 35.0 Å². The number of benzene rings is 2. The summed E-state index contributed by atoms with van der Waals surface area (Å²) in [6.07, 6.45) is 0. The number of halogens is 2. The van der Waals surface area contributed by atoms with E-state index in [0.29, 0.717) is 23.1 Å². The molecule has 2 aromatic rings. The second-order valence-electron chi connectivity index (χ2n) is 6.36. The van der Waals surface area contributed by atoms with Crippen molar-refractivity contribution in [2.24, 2.45) is 0 Å². The van der Waals surface area contributed by atoms with Crippen LogP contribution in [-0.2, 0) is 9.59 Å². The number of thioether (sulfide) groups is 1. The Bertz CT molecular complexity index is 807. The van der Waals surface area contributed by atoms with Gasteiger partial charge in [-0.3, -0.25) is 9.59 Å². The molecule has 1 heterocycles. The van der Waals surface area contributed by atoms with E-state index in [2.05, 4.69) is 10.2 Å². The zero-order chi connectivity index (χ0) is 19.9. The number of hydrogen-bond acceptors (Lipinski definition) is 4. The molecule has 0 bridgehead atoms. The van der Waals surface area contributed by atoms with E-state index in [4.69, 9.17) is 23.2 Å². The number of piperazine rings is 1. The Labute approximate surface area is 179 Å². The van der Waals surface area contributed by atoms with Crippen molar-refractivity contribution < 1.29 is 9.59 Å². The van der Waals surface area contributed by atoms with Gasteiger partial charge in [0, 0.05) is 46.8 Å². The van der Waals surface area contributed by atoms with Crippen molar-refractivity contribution in [1.29, 1.82) is 0 Å². The smallest absolute Gasteiger partial charge is 0.242 e. The number of anilines is 1. The van der Waals surface area contributed by atoms with Gasteiger partial charge in [-0.1, -0.05) is 23.2 Å². The Morgan fingerprint density at radius 1 is 0.893 bits per heavy atom. The lowest BCUT2D eigenvalue weighted by atomic mass is 10.2. The van der Waals surface area contributed by atoms with Gasteiger partial charge in [0.25, 0.3) is 0 Å². The number of hydrogen-bond donors (Lipinski definition) is 1. The van der Waals surface area contributed by atoms with Crippen LogP contribution in [-0.4, -0.2) is 55.2 Å². The van der Waals surface area contributed by atoms with E-state index in [1.165, 1.54) is 11.8 Å². The SMILES string of the molecule is O=C(CSc1ccc(Cl)cc1)NCC(=O)N1CCN(c2ccc(Cl)cc2)CC1. The maximum atomic E-state index is 12.4. The molecule has 28 heavy (non-hydrogen) atoms. The van der Waals surface area contributed by atoms with Crippen LogP contribution in [0.1, 0.15) is 0 Å². The molecule has 1 aliphatic rings. The Hall–Kier alpha value is -1.89. The molecule has 1 aliphatic heterocycles. The lowest BCUT2D eigenvalue weighted by Crippen LogP contribution is -2.51. The van der Waals surface area contributed by atoms with Gasteiger partial charge in [0.05, 0.1) is 12.3 Å². The summed E-state index contributed by atoms with van der Waals surface area (Å²) in [5, 5.41) is 4.08. The first-order valence-corrected chi connectivity index (χ1v) is 10.7. The molecule has 1 saturated heterocycles. The maximum absolute atomic E-state index is 12.4. The molecule has 0 spiro atoms. The highest BCUT2D eigenvalue weighted by molar-refractivity contribution is 8.00. The van der Waals surface area contributed by atoms with Gasteiger partial charge in [0.15, 0.2) is 0 Å². The van der Waals surface area contributed by atoms with Crippen LogP contribution in [0.25, 0.3) is 0 Å². The topological polar surface area (TPSA) is 52.7 Å². The lowest BCUT2D eigenvalue weighted by Gasteiger charge is -2.36. The van der Waals surface area contributed by atoms with Gasteiger partial charge < -0.3 is 15.1 Å². The van der Waals surface area contributed by atoms with Gasteiger partial charge >= 0.3 is 0 Å². The third-order valence-electron chi connectivity index (χ3n) is 4.44. The molecule has 148 valence electrons. The van der Waals surface area contributed by atoms with E-state index < -0.39 is 0 Å². The van der Waals surface area contributed by atoms with Crippen molar-refractivity contribution in [3.63, 3.8) is 0 Å². The minimum atomic E-state index is -0.159. The fourth-order valence-electron chi connectivity index (χ4n) is 2.88. The van der Waals surface area contributed by atoms with Crippen LogP contribution in [0.2, 0.25) is 10.0 Å². The molecular formula is C20H21Cl2N3O2S. The van der Waals surface area contributed by atoms with Crippen LogP contribution in [0.5, 0.6) is 0 Å². The highest BCUT2D eigenvalue weighted by atomic mass is 35.5. The molecule has 8 heteroatoms. The van der Waals surface area contributed by atoms with E-state index in [1.807, 2.05) is 36.4 Å². The zero-order valence-electron chi connectivity index (χ0n) is 15.2. The third-order valence-corrected chi connectivity index (χ3v) is 5.96. The summed E-state index contributed by atoms with van der Waals surface area (Å²) in [4.78, 5) is 29.3. The highest BCUT2D eigenvalue weighted by Crippen LogP contribution is 2.20. The van der Waals surface area contributed by atoms with Crippen molar-refractivity contribution in [3.05, 3.63) is 58.6 Å². The molecule has 1 N–H and O–H groups in total. The van der Waals surface area contributed by atoms with Crippen LogP contribution in [0.15, 0.2) is 53.4 Å². The van der Waals surface area contributed by atoms with Gasteiger partial charge in [-0.15, -0.1) is 11.8 Å². The van der Waals surface area contributed by atoms with Gasteiger partial charge in [-0.25, -0.2) is 0 Å². The lowest BCUT2D eigenvalue weighted by molar-refractivity contribution is -0.132. The number of rotatable bonds is 6. The largest absolute Gasteiger partial charge is 0.368 e. The summed E-state index contributed by atoms with van der Waals surface area (Å²) >= 11 is 13.2. The average molecular weight is 438 g/mol. The Kier molecular flexibility index (Phi) is 7.48. The molecule has 2 aromatic carbocycles. The quantitative estimate of drug-likeness (QED) is 0.701. The third kappa shape index (κ3) is 6.06.